The molecule has 1 saturated carbocycles. The summed E-state index contributed by atoms with van der Waals surface area (Å²) in [5.41, 5.74) is 4.65. The van der Waals surface area contributed by atoms with Crippen molar-refractivity contribution in [3.05, 3.63) is 59.7 Å². The summed E-state index contributed by atoms with van der Waals surface area (Å²) in [6.45, 7) is 5.24. The van der Waals surface area contributed by atoms with Gasteiger partial charge in [-0.2, -0.15) is 0 Å². The van der Waals surface area contributed by atoms with Crippen molar-refractivity contribution in [2.75, 3.05) is 19.7 Å². The minimum Gasteiger partial charge on any atom is -0.481 e. The Labute approximate surface area is 205 Å². The number of nitrogens with one attached hydrogen (secondary N) is 1. The molecule has 4 atom stereocenters. The molecule has 7 heteroatoms. The molecular formula is C28H32N2O5. The van der Waals surface area contributed by atoms with E-state index in [4.69, 9.17) is 4.74 Å². The minimum absolute atomic E-state index is 0.0192. The van der Waals surface area contributed by atoms with Crippen molar-refractivity contribution in [2.24, 2.45) is 23.7 Å². The highest BCUT2D eigenvalue weighted by Gasteiger charge is 2.57. The van der Waals surface area contributed by atoms with Gasteiger partial charge in [0, 0.05) is 31.5 Å². The van der Waals surface area contributed by atoms with Crippen LogP contribution in [0.2, 0.25) is 0 Å². The van der Waals surface area contributed by atoms with Gasteiger partial charge in [-0.25, -0.2) is 4.79 Å². The monoisotopic (exact) mass is 476 g/mol. The van der Waals surface area contributed by atoms with Crippen LogP contribution in [0.15, 0.2) is 48.5 Å². The topological polar surface area (TPSA) is 95.9 Å². The molecule has 0 spiro atoms. The first-order valence-electron chi connectivity index (χ1n) is 12.5. The zero-order chi connectivity index (χ0) is 24.7. The summed E-state index contributed by atoms with van der Waals surface area (Å²) in [5.74, 6) is -0.816. The molecule has 2 amide bonds. The molecule has 5 rings (SSSR count). The Bertz CT molecular complexity index is 1100. The summed E-state index contributed by atoms with van der Waals surface area (Å²) < 4.78 is 5.67. The predicted molar refractivity (Wildman–Crippen MR) is 131 cm³/mol. The van der Waals surface area contributed by atoms with E-state index in [-0.39, 0.29) is 54.6 Å². The largest absolute Gasteiger partial charge is 0.481 e. The molecular weight excluding hydrogens is 444 g/mol. The molecule has 35 heavy (non-hydrogen) atoms. The normalized spacial score (nSPS) is 23.2. The lowest BCUT2D eigenvalue weighted by atomic mass is 9.98. The van der Waals surface area contributed by atoms with Gasteiger partial charge in [0.15, 0.2) is 0 Å². The summed E-state index contributed by atoms with van der Waals surface area (Å²) in [6.07, 6.45) is 0.390. The molecule has 2 aliphatic carbocycles. The number of carbonyl (C=O) groups excluding carboxylic acids is 2. The van der Waals surface area contributed by atoms with E-state index in [0.29, 0.717) is 13.1 Å². The van der Waals surface area contributed by atoms with Gasteiger partial charge in [0.25, 0.3) is 0 Å². The number of piperidine rings is 1. The Morgan fingerprint density at radius 1 is 1.03 bits per heavy atom. The van der Waals surface area contributed by atoms with E-state index in [0.717, 1.165) is 17.5 Å². The number of aliphatic carboxylic acids is 1. The van der Waals surface area contributed by atoms with Crippen molar-refractivity contribution in [3.63, 3.8) is 0 Å². The van der Waals surface area contributed by atoms with Crippen molar-refractivity contribution in [3.8, 4) is 11.1 Å². The number of likely N-dealkylation sites (tertiary alicyclic amines) is 1. The van der Waals surface area contributed by atoms with Gasteiger partial charge in [0.2, 0.25) is 5.91 Å². The van der Waals surface area contributed by atoms with Crippen LogP contribution in [0.3, 0.4) is 0 Å². The maximum Gasteiger partial charge on any atom is 0.407 e. The van der Waals surface area contributed by atoms with Crippen LogP contribution in [-0.4, -0.2) is 53.7 Å². The standard InChI is InChI=1S/C28H32N2O5/c1-16(2)24(13-25(31)30-12-11-21-22(14-30)26(21)27(32)33)29-28(34)35-15-23-19-9-5-3-7-17(19)18-8-4-6-10-20(18)23/h3-10,16,21-24,26H,11-15H2,1-2H3,(H,29,34)(H,32,33)/t21-,22+,24?,26?/m0/s1. The first kappa shape index (κ1) is 23.4. The van der Waals surface area contributed by atoms with Crippen molar-refractivity contribution in [2.45, 2.75) is 38.6 Å². The van der Waals surface area contributed by atoms with E-state index in [1.54, 1.807) is 4.90 Å². The number of nitrogens with zero attached hydrogens (tertiary/aromatic N) is 1. The lowest BCUT2D eigenvalue weighted by Gasteiger charge is -2.29. The number of hydrogen-bond donors (Lipinski definition) is 2. The quantitative estimate of drug-likeness (QED) is 0.627. The second kappa shape index (κ2) is 9.36. The lowest BCUT2D eigenvalue weighted by molar-refractivity contribution is -0.139. The van der Waals surface area contributed by atoms with E-state index in [9.17, 15) is 19.5 Å². The third-order valence-electron chi connectivity index (χ3n) is 7.98. The highest BCUT2D eigenvalue weighted by atomic mass is 16.5. The molecule has 184 valence electrons. The predicted octanol–water partition coefficient (Wildman–Crippen LogP) is 4.12. The summed E-state index contributed by atoms with van der Waals surface area (Å²) in [5, 5.41) is 12.2. The Morgan fingerprint density at radius 2 is 1.66 bits per heavy atom. The van der Waals surface area contributed by atoms with Crippen LogP contribution in [0, 0.1) is 23.7 Å². The second-order valence-corrected chi connectivity index (χ2v) is 10.3. The maximum atomic E-state index is 13.0. The van der Waals surface area contributed by atoms with E-state index >= 15 is 0 Å². The summed E-state index contributed by atoms with van der Waals surface area (Å²) >= 11 is 0. The van der Waals surface area contributed by atoms with E-state index in [1.165, 1.54) is 11.1 Å². The molecule has 1 aliphatic heterocycles. The fraction of sp³-hybridized carbons (Fsp3) is 0.464. The van der Waals surface area contributed by atoms with Gasteiger partial charge < -0.3 is 20.1 Å². The Hall–Kier alpha value is -3.35. The fourth-order valence-corrected chi connectivity index (χ4v) is 5.89. The molecule has 7 nitrogen and oxygen atoms in total. The van der Waals surface area contributed by atoms with Crippen molar-refractivity contribution < 1.29 is 24.2 Å². The number of carbonyl (C=O) groups is 3. The number of fused-ring (bicyclic) bond motifs is 4. The van der Waals surface area contributed by atoms with Crippen LogP contribution >= 0.6 is 0 Å². The molecule has 2 fully saturated rings. The molecule has 2 unspecified atom stereocenters. The van der Waals surface area contributed by atoms with Crippen LogP contribution in [0.1, 0.15) is 43.7 Å². The third kappa shape index (κ3) is 4.51. The first-order chi connectivity index (χ1) is 16.8. The molecule has 2 aromatic carbocycles. The number of carboxylic acid groups (broad SMARTS) is 1. The number of ether oxygens (including phenoxy) is 1. The number of hydrogen-bond acceptors (Lipinski definition) is 4. The number of carboxylic acids is 1. The third-order valence-corrected chi connectivity index (χ3v) is 7.98. The van der Waals surface area contributed by atoms with Gasteiger partial charge in [-0.1, -0.05) is 62.4 Å². The summed E-state index contributed by atoms with van der Waals surface area (Å²) in [6, 6.07) is 16.0. The van der Waals surface area contributed by atoms with E-state index in [1.807, 2.05) is 38.1 Å². The average molecular weight is 477 g/mol. The van der Waals surface area contributed by atoms with Gasteiger partial charge in [0.1, 0.15) is 6.61 Å². The van der Waals surface area contributed by atoms with Crippen LogP contribution in [-0.2, 0) is 14.3 Å². The molecule has 2 N–H and O–H groups in total. The molecule has 2 aromatic rings. The van der Waals surface area contributed by atoms with Crippen molar-refractivity contribution >= 4 is 18.0 Å². The Morgan fingerprint density at radius 3 is 2.26 bits per heavy atom. The maximum absolute atomic E-state index is 13.0. The smallest absolute Gasteiger partial charge is 0.407 e. The number of alkyl carbamates (subject to hydrolysis) is 1. The van der Waals surface area contributed by atoms with Gasteiger partial charge in [0.05, 0.1) is 5.92 Å². The van der Waals surface area contributed by atoms with E-state index < -0.39 is 12.1 Å². The number of amides is 2. The fourth-order valence-electron chi connectivity index (χ4n) is 5.89. The highest BCUT2D eigenvalue weighted by Crippen LogP contribution is 2.51. The number of rotatable bonds is 7. The molecule has 1 heterocycles. The average Bonchev–Trinajstić information content (AvgIpc) is 3.49. The summed E-state index contributed by atoms with van der Waals surface area (Å²) in [4.78, 5) is 38.8. The molecule has 1 saturated heterocycles. The van der Waals surface area contributed by atoms with Crippen molar-refractivity contribution in [1.29, 1.82) is 0 Å². The van der Waals surface area contributed by atoms with Gasteiger partial charge in [-0.05, 0) is 46.4 Å². The molecule has 3 aliphatic rings. The van der Waals surface area contributed by atoms with E-state index in [2.05, 4.69) is 29.6 Å². The zero-order valence-electron chi connectivity index (χ0n) is 20.1. The minimum atomic E-state index is -0.758. The SMILES string of the molecule is CC(C)C(CC(=O)N1CC[C@@H]2C(C(=O)O)[C@@H]2C1)NC(=O)OCC1c2ccccc2-c2ccccc21. The second-order valence-electron chi connectivity index (χ2n) is 10.3. The van der Waals surface area contributed by atoms with Crippen LogP contribution in [0.4, 0.5) is 4.79 Å². The Kier molecular flexibility index (Phi) is 6.26. The van der Waals surface area contributed by atoms with Gasteiger partial charge in [-0.3, -0.25) is 9.59 Å². The highest BCUT2D eigenvalue weighted by molar-refractivity contribution is 5.80. The van der Waals surface area contributed by atoms with Crippen LogP contribution < -0.4 is 5.32 Å². The zero-order valence-corrected chi connectivity index (χ0v) is 20.1. The van der Waals surface area contributed by atoms with Crippen molar-refractivity contribution in [1.82, 2.24) is 10.2 Å². The molecule has 0 radical (unpaired) electrons. The summed E-state index contributed by atoms with van der Waals surface area (Å²) in [7, 11) is 0. The van der Waals surface area contributed by atoms with Crippen LogP contribution in [0.25, 0.3) is 11.1 Å². The van der Waals surface area contributed by atoms with Gasteiger partial charge >= 0.3 is 12.1 Å². The Balaban J connectivity index is 1.17. The van der Waals surface area contributed by atoms with Crippen LogP contribution in [0.5, 0.6) is 0 Å². The lowest BCUT2D eigenvalue weighted by Crippen LogP contribution is -2.45. The molecule has 0 aromatic heterocycles. The molecule has 0 bridgehead atoms. The van der Waals surface area contributed by atoms with Gasteiger partial charge in [-0.15, -0.1) is 0 Å². The first-order valence-corrected chi connectivity index (χ1v) is 12.5. The number of benzene rings is 2.